The van der Waals surface area contributed by atoms with Crippen LogP contribution in [0.25, 0.3) is 0 Å². The van der Waals surface area contributed by atoms with Crippen molar-refractivity contribution < 1.29 is 14.6 Å². The second-order valence-corrected chi connectivity index (χ2v) is 3.57. The van der Waals surface area contributed by atoms with E-state index in [1.807, 2.05) is 30.3 Å². The predicted octanol–water partition coefficient (Wildman–Crippen LogP) is 1.44. The molecule has 1 atom stereocenters. The Morgan fingerprint density at radius 3 is 2.71 bits per heavy atom. The van der Waals surface area contributed by atoms with Crippen LogP contribution in [0.2, 0.25) is 0 Å². The summed E-state index contributed by atoms with van der Waals surface area (Å²) in [5, 5.41) is 10.1. The molecule has 17 heavy (non-hydrogen) atoms. The molecule has 0 saturated heterocycles. The lowest BCUT2D eigenvalue weighted by atomic mass is 10.1. The number of allylic oxidation sites excluding steroid dienone is 2. The molecule has 1 aliphatic heterocycles. The minimum atomic E-state index is -1.02. The average molecular weight is 231 g/mol. The molecule has 0 aromatic heterocycles. The van der Waals surface area contributed by atoms with Crippen molar-refractivity contribution in [3.8, 4) is 0 Å². The van der Waals surface area contributed by atoms with E-state index in [0.29, 0.717) is 0 Å². The van der Waals surface area contributed by atoms with Crippen molar-refractivity contribution in [3.05, 3.63) is 54.3 Å². The van der Waals surface area contributed by atoms with Gasteiger partial charge in [-0.25, -0.2) is 4.79 Å². The molecule has 88 valence electrons. The fourth-order valence-corrected chi connectivity index (χ4v) is 1.68. The smallest absolute Gasteiger partial charge is 0.338 e. The van der Waals surface area contributed by atoms with Crippen molar-refractivity contribution in [2.45, 2.75) is 6.23 Å². The van der Waals surface area contributed by atoms with Gasteiger partial charge in [-0.2, -0.15) is 0 Å². The van der Waals surface area contributed by atoms with Crippen LogP contribution in [0.15, 0.2) is 54.3 Å². The van der Waals surface area contributed by atoms with Crippen molar-refractivity contribution in [1.29, 1.82) is 0 Å². The van der Waals surface area contributed by atoms with Crippen LogP contribution < -0.4 is 4.90 Å². The molecule has 1 aromatic carbocycles. The van der Waals surface area contributed by atoms with E-state index in [9.17, 15) is 9.90 Å². The highest BCUT2D eigenvalue weighted by atomic mass is 16.5. The van der Waals surface area contributed by atoms with Gasteiger partial charge < -0.3 is 14.7 Å². The summed E-state index contributed by atoms with van der Waals surface area (Å²) in [5.41, 5.74) is 1.03. The molecule has 4 heteroatoms. The first kappa shape index (κ1) is 11.4. The summed E-state index contributed by atoms with van der Waals surface area (Å²) in [6, 6.07) is 9.33. The second kappa shape index (κ2) is 4.84. The molecule has 4 nitrogen and oxygen atoms in total. The van der Waals surface area contributed by atoms with E-state index in [2.05, 4.69) is 4.74 Å². The Balaban J connectivity index is 2.27. The standard InChI is InChI=1S/C13H13NO3/c1-17-13(16)11-8-5-9-14(12(11)15)10-6-3-2-4-7-10/h2-9,12,15H,1H3. The Labute approximate surface area is 99.4 Å². The zero-order valence-corrected chi connectivity index (χ0v) is 9.41. The maximum atomic E-state index is 11.4. The van der Waals surface area contributed by atoms with Crippen molar-refractivity contribution >= 4 is 11.7 Å². The molecule has 0 amide bonds. The van der Waals surface area contributed by atoms with Crippen molar-refractivity contribution in [3.63, 3.8) is 0 Å². The molecule has 0 radical (unpaired) electrons. The molecule has 1 aliphatic rings. The van der Waals surface area contributed by atoms with Crippen LogP contribution in [0.1, 0.15) is 0 Å². The number of hydrogen-bond donors (Lipinski definition) is 1. The maximum absolute atomic E-state index is 11.4. The molecule has 1 aromatic rings. The average Bonchev–Trinajstić information content (AvgIpc) is 2.39. The van der Waals surface area contributed by atoms with Crippen LogP contribution in [0.3, 0.4) is 0 Å². The molecule has 0 aliphatic carbocycles. The van der Waals surface area contributed by atoms with Gasteiger partial charge in [-0.1, -0.05) is 18.2 Å². The normalized spacial score (nSPS) is 18.8. The van der Waals surface area contributed by atoms with E-state index >= 15 is 0 Å². The predicted molar refractivity (Wildman–Crippen MR) is 64.2 cm³/mol. The number of aliphatic hydroxyl groups excluding tert-OH is 1. The number of anilines is 1. The van der Waals surface area contributed by atoms with Crippen LogP contribution in [-0.2, 0) is 9.53 Å². The van der Waals surface area contributed by atoms with Gasteiger partial charge in [0.25, 0.3) is 0 Å². The zero-order chi connectivity index (χ0) is 12.3. The van der Waals surface area contributed by atoms with Gasteiger partial charge in [-0.15, -0.1) is 0 Å². The van der Waals surface area contributed by atoms with Gasteiger partial charge in [-0.3, -0.25) is 0 Å². The number of carbonyl (C=O) groups excluding carboxylic acids is 1. The Morgan fingerprint density at radius 1 is 1.35 bits per heavy atom. The summed E-state index contributed by atoms with van der Waals surface area (Å²) in [6.07, 6.45) is 3.95. The van der Waals surface area contributed by atoms with Gasteiger partial charge in [0.05, 0.1) is 12.7 Å². The van der Waals surface area contributed by atoms with Crippen LogP contribution in [0.5, 0.6) is 0 Å². The van der Waals surface area contributed by atoms with E-state index in [4.69, 9.17) is 0 Å². The third kappa shape index (κ3) is 2.21. The fraction of sp³-hybridized carbons (Fsp3) is 0.154. The molecule has 0 spiro atoms. The first-order valence-corrected chi connectivity index (χ1v) is 5.22. The number of esters is 1. The van der Waals surface area contributed by atoms with Crippen LogP contribution in [-0.4, -0.2) is 24.4 Å². The van der Waals surface area contributed by atoms with E-state index in [1.165, 1.54) is 7.11 Å². The number of rotatable bonds is 2. The zero-order valence-electron chi connectivity index (χ0n) is 9.41. The molecule has 1 unspecified atom stereocenters. The molecule has 0 saturated carbocycles. The lowest BCUT2D eigenvalue weighted by Gasteiger charge is -2.29. The summed E-state index contributed by atoms with van der Waals surface area (Å²) in [5.74, 6) is -0.525. The molecule has 2 rings (SSSR count). The summed E-state index contributed by atoms with van der Waals surface area (Å²) in [6.45, 7) is 0. The Morgan fingerprint density at radius 2 is 2.06 bits per heavy atom. The van der Waals surface area contributed by atoms with Crippen LogP contribution >= 0.6 is 0 Å². The third-order valence-corrected chi connectivity index (χ3v) is 2.54. The van der Waals surface area contributed by atoms with E-state index in [-0.39, 0.29) is 5.57 Å². The maximum Gasteiger partial charge on any atom is 0.338 e. The van der Waals surface area contributed by atoms with Gasteiger partial charge in [0, 0.05) is 11.9 Å². The molecule has 1 heterocycles. The summed E-state index contributed by atoms with van der Waals surface area (Å²) in [4.78, 5) is 13.0. The summed E-state index contributed by atoms with van der Waals surface area (Å²) >= 11 is 0. The van der Waals surface area contributed by atoms with E-state index < -0.39 is 12.2 Å². The lowest BCUT2D eigenvalue weighted by molar-refractivity contribution is -0.137. The van der Waals surface area contributed by atoms with Gasteiger partial charge in [0.1, 0.15) is 0 Å². The van der Waals surface area contributed by atoms with Crippen molar-refractivity contribution in [1.82, 2.24) is 0 Å². The Bertz CT molecular complexity index is 465. The number of benzene rings is 1. The van der Waals surface area contributed by atoms with Gasteiger partial charge in [0.15, 0.2) is 6.23 Å². The minimum Gasteiger partial charge on any atom is -0.466 e. The van der Waals surface area contributed by atoms with E-state index in [1.54, 1.807) is 23.3 Å². The number of para-hydroxylation sites is 1. The van der Waals surface area contributed by atoms with Crippen molar-refractivity contribution in [2.24, 2.45) is 0 Å². The molecule has 0 bridgehead atoms. The first-order valence-electron chi connectivity index (χ1n) is 5.22. The summed E-state index contributed by atoms with van der Waals surface area (Å²) < 4.78 is 4.62. The highest BCUT2D eigenvalue weighted by Crippen LogP contribution is 2.23. The number of ether oxygens (including phenoxy) is 1. The van der Waals surface area contributed by atoms with Gasteiger partial charge >= 0.3 is 5.97 Å². The van der Waals surface area contributed by atoms with Gasteiger partial charge in [-0.05, 0) is 24.3 Å². The third-order valence-electron chi connectivity index (χ3n) is 2.54. The number of hydrogen-bond acceptors (Lipinski definition) is 4. The van der Waals surface area contributed by atoms with E-state index in [0.717, 1.165) is 5.69 Å². The minimum absolute atomic E-state index is 0.221. The number of methoxy groups -OCH3 is 1. The fourth-order valence-electron chi connectivity index (χ4n) is 1.68. The number of nitrogens with zero attached hydrogens (tertiary/aromatic N) is 1. The van der Waals surface area contributed by atoms with Gasteiger partial charge in [0.2, 0.25) is 0 Å². The number of aliphatic hydroxyl groups is 1. The largest absolute Gasteiger partial charge is 0.466 e. The van der Waals surface area contributed by atoms with Crippen molar-refractivity contribution in [2.75, 3.05) is 12.0 Å². The SMILES string of the molecule is COC(=O)C1=CC=CN(c2ccccc2)C1O. The van der Waals surface area contributed by atoms with Crippen LogP contribution in [0.4, 0.5) is 5.69 Å². The highest BCUT2D eigenvalue weighted by molar-refractivity contribution is 5.91. The second-order valence-electron chi connectivity index (χ2n) is 3.57. The highest BCUT2D eigenvalue weighted by Gasteiger charge is 2.26. The molecule has 1 N–H and O–H groups in total. The Hall–Kier alpha value is -2.07. The topological polar surface area (TPSA) is 49.8 Å². The summed E-state index contributed by atoms with van der Waals surface area (Å²) in [7, 11) is 1.29. The molecular formula is C13H13NO3. The monoisotopic (exact) mass is 231 g/mol. The first-order chi connectivity index (χ1) is 8.24. The lowest BCUT2D eigenvalue weighted by Crippen LogP contribution is -2.36. The Kier molecular flexibility index (Phi) is 3.25. The quantitative estimate of drug-likeness (QED) is 0.782. The molecular weight excluding hydrogens is 218 g/mol. The van der Waals surface area contributed by atoms with Crippen LogP contribution in [0, 0.1) is 0 Å². The number of carbonyl (C=O) groups is 1. The molecule has 0 fully saturated rings.